The van der Waals surface area contributed by atoms with Crippen LogP contribution in [0, 0.1) is 0 Å². The second-order valence-electron chi connectivity index (χ2n) is 5.60. The molecule has 1 amide bonds. The molecule has 7 nitrogen and oxygen atoms in total. The van der Waals surface area contributed by atoms with Crippen molar-refractivity contribution in [1.82, 2.24) is 0 Å². The molecule has 0 aliphatic heterocycles. The van der Waals surface area contributed by atoms with Crippen molar-refractivity contribution in [3.63, 3.8) is 0 Å². The average Bonchev–Trinajstić information content (AvgIpc) is 2.69. The zero-order valence-electron chi connectivity index (χ0n) is 15.6. The number of hydrogen-bond acceptors (Lipinski definition) is 6. The Kier molecular flexibility index (Phi) is 7.63. The lowest BCUT2D eigenvalue weighted by molar-refractivity contribution is -0.152. The van der Waals surface area contributed by atoms with E-state index < -0.39 is 12.1 Å². The lowest BCUT2D eigenvalue weighted by atomic mass is 10.2. The molecule has 0 radical (unpaired) electrons. The number of amides is 1. The molecule has 144 valence electrons. The van der Waals surface area contributed by atoms with Crippen molar-refractivity contribution >= 4 is 17.6 Å². The van der Waals surface area contributed by atoms with Gasteiger partial charge in [-0.3, -0.25) is 4.79 Å². The number of nitrogens with one attached hydrogen (secondary N) is 1. The number of para-hydroxylation sites is 2. The molecule has 1 N–H and O–H groups in total. The molecule has 0 aromatic heterocycles. The predicted octanol–water partition coefficient (Wildman–Crippen LogP) is 2.90. The minimum absolute atomic E-state index is 0.172. The van der Waals surface area contributed by atoms with Crippen molar-refractivity contribution < 1.29 is 28.5 Å². The maximum absolute atomic E-state index is 12.4. The molecule has 0 fully saturated rings. The minimum atomic E-state index is -0.768. The first kappa shape index (κ1) is 20.3. The first-order chi connectivity index (χ1) is 13.0. The van der Waals surface area contributed by atoms with Gasteiger partial charge in [-0.2, -0.15) is 0 Å². The number of methoxy groups -OCH3 is 2. The van der Waals surface area contributed by atoms with Crippen LogP contribution in [0.2, 0.25) is 0 Å². The zero-order chi connectivity index (χ0) is 19.6. The zero-order valence-corrected chi connectivity index (χ0v) is 15.6. The molecular weight excluding hydrogens is 350 g/mol. The van der Waals surface area contributed by atoms with E-state index in [-0.39, 0.29) is 12.5 Å². The summed E-state index contributed by atoms with van der Waals surface area (Å²) in [5, 5.41) is 2.79. The van der Waals surface area contributed by atoms with Gasteiger partial charge in [-0.25, -0.2) is 4.79 Å². The van der Waals surface area contributed by atoms with E-state index in [1.807, 2.05) is 12.1 Å². The highest BCUT2D eigenvalue weighted by Crippen LogP contribution is 2.24. The summed E-state index contributed by atoms with van der Waals surface area (Å²) in [6.07, 6.45) is -0.768. The third-order valence-electron chi connectivity index (χ3n) is 3.65. The van der Waals surface area contributed by atoms with Crippen molar-refractivity contribution in [2.45, 2.75) is 13.0 Å². The first-order valence-electron chi connectivity index (χ1n) is 8.41. The Morgan fingerprint density at radius 1 is 1.00 bits per heavy atom. The fraction of sp³-hybridized carbons (Fsp3) is 0.300. The van der Waals surface area contributed by atoms with E-state index >= 15 is 0 Å². The molecule has 0 aliphatic carbocycles. The number of ether oxygens (including phenoxy) is 4. The minimum Gasteiger partial charge on any atom is -0.495 e. The quantitative estimate of drug-likeness (QED) is 0.538. The van der Waals surface area contributed by atoms with Gasteiger partial charge in [0.05, 0.1) is 19.4 Å². The smallest absolute Gasteiger partial charge is 0.347 e. The van der Waals surface area contributed by atoms with Crippen LogP contribution >= 0.6 is 0 Å². The Bertz CT molecular complexity index is 759. The standard InChI is InChI=1S/C20H23NO6/c1-14(20(23)26-13-12-24-2)27-16-10-8-15(9-11-16)19(22)21-17-6-4-5-7-18(17)25-3/h4-11,14H,12-13H2,1-3H3,(H,21,22)/t14-/m0/s1. The maximum atomic E-state index is 12.4. The molecule has 1 atom stereocenters. The Balaban J connectivity index is 1.94. The molecule has 2 aromatic rings. The number of esters is 1. The van der Waals surface area contributed by atoms with Crippen LogP contribution < -0.4 is 14.8 Å². The molecule has 0 bridgehead atoms. The molecule has 0 heterocycles. The number of benzene rings is 2. The highest BCUT2D eigenvalue weighted by Gasteiger charge is 2.16. The van der Waals surface area contributed by atoms with Crippen LogP contribution in [0.5, 0.6) is 11.5 Å². The number of carbonyl (C=O) groups excluding carboxylic acids is 2. The summed E-state index contributed by atoms with van der Waals surface area (Å²) in [6.45, 7) is 2.09. The molecule has 0 unspecified atom stereocenters. The van der Waals surface area contributed by atoms with Crippen LogP contribution in [0.1, 0.15) is 17.3 Å². The van der Waals surface area contributed by atoms with E-state index in [1.165, 1.54) is 7.11 Å². The predicted molar refractivity (Wildman–Crippen MR) is 100 cm³/mol. The van der Waals surface area contributed by atoms with Crippen molar-refractivity contribution in [2.75, 3.05) is 32.8 Å². The van der Waals surface area contributed by atoms with Gasteiger partial charge < -0.3 is 24.3 Å². The topological polar surface area (TPSA) is 83.1 Å². The number of rotatable bonds is 9. The van der Waals surface area contributed by atoms with Gasteiger partial charge in [0.1, 0.15) is 18.1 Å². The summed E-state index contributed by atoms with van der Waals surface area (Å²) >= 11 is 0. The lowest BCUT2D eigenvalue weighted by Gasteiger charge is -2.14. The van der Waals surface area contributed by atoms with E-state index in [0.29, 0.717) is 29.4 Å². The normalized spacial score (nSPS) is 11.4. The molecule has 0 saturated carbocycles. The molecule has 0 spiro atoms. The number of carbonyl (C=O) groups is 2. The van der Waals surface area contributed by atoms with Crippen molar-refractivity contribution in [1.29, 1.82) is 0 Å². The molecule has 0 aliphatic rings. The van der Waals surface area contributed by atoms with E-state index in [2.05, 4.69) is 5.32 Å². The van der Waals surface area contributed by atoms with Crippen LogP contribution in [0.25, 0.3) is 0 Å². The highest BCUT2D eigenvalue weighted by molar-refractivity contribution is 6.05. The Hall–Kier alpha value is -3.06. The van der Waals surface area contributed by atoms with Crippen LogP contribution in [0.4, 0.5) is 5.69 Å². The fourth-order valence-electron chi connectivity index (χ4n) is 2.22. The first-order valence-corrected chi connectivity index (χ1v) is 8.41. The van der Waals surface area contributed by atoms with Gasteiger partial charge in [0.15, 0.2) is 6.10 Å². The Morgan fingerprint density at radius 2 is 1.70 bits per heavy atom. The molecule has 27 heavy (non-hydrogen) atoms. The van der Waals surface area contributed by atoms with E-state index in [9.17, 15) is 9.59 Å². The summed E-state index contributed by atoms with van der Waals surface area (Å²) < 4.78 is 20.6. The lowest BCUT2D eigenvalue weighted by Crippen LogP contribution is -2.27. The highest BCUT2D eigenvalue weighted by atomic mass is 16.6. The Labute approximate surface area is 158 Å². The third-order valence-corrected chi connectivity index (χ3v) is 3.65. The maximum Gasteiger partial charge on any atom is 0.347 e. The summed E-state index contributed by atoms with van der Waals surface area (Å²) in [5.74, 6) is 0.273. The van der Waals surface area contributed by atoms with E-state index in [1.54, 1.807) is 50.4 Å². The third kappa shape index (κ3) is 6.00. The van der Waals surface area contributed by atoms with Gasteiger partial charge in [-0.1, -0.05) is 12.1 Å². The number of anilines is 1. The van der Waals surface area contributed by atoms with Crippen molar-refractivity contribution in [2.24, 2.45) is 0 Å². The summed E-state index contributed by atoms with van der Waals surface area (Å²) in [6, 6.07) is 13.6. The van der Waals surface area contributed by atoms with Gasteiger partial charge >= 0.3 is 5.97 Å². The van der Waals surface area contributed by atoms with Gasteiger partial charge in [0.2, 0.25) is 0 Å². The summed E-state index contributed by atoms with van der Waals surface area (Å²) in [7, 11) is 3.07. The second-order valence-corrected chi connectivity index (χ2v) is 5.60. The molecule has 2 rings (SSSR count). The van der Waals surface area contributed by atoms with Crippen LogP contribution in [-0.2, 0) is 14.3 Å². The fourth-order valence-corrected chi connectivity index (χ4v) is 2.22. The average molecular weight is 373 g/mol. The van der Waals surface area contributed by atoms with Gasteiger partial charge in [0, 0.05) is 12.7 Å². The molecule has 2 aromatic carbocycles. The van der Waals surface area contributed by atoms with Crippen LogP contribution in [0.15, 0.2) is 48.5 Å². The van der Waals surface area contributed by atoms with Gasteiger partial charge in [-0.05, 0) is 43.3 Å². The summed E-state index contributed by atoms with van der Waals surface area (Å²) in [4.78, 5) is 24.2. The van der Waals surface area contributed by atoms with E-state index in [4.69, 9.17) is 18.9 Å². The molecular formula is C20H23NO6. The second kappa shape index (κ2) is 10.2. The largest absolute Gasteiger partial charge is 0.495 e. The SMILES string of the molecule is COCCOC(=O)[C@H](C)Oc1ccc(C(=O)Nc2ccccc2OC)cc1. The molecule has 0 saturated heterocycles. The Morgan fingerprint density at radius 3 is 2.37 bits per heavy atom. The van der Waals surface area contributed by atoms with Gasteiger partial charge in [0.25, 0.3) is 5.91 Å². The summed E-state index contributed by atoms with van der Waals surface area (Å²) in [5.41, 5.74) is 1.03. The number of hydrogen-bond donors (Lipinski definition) is 1. The van der Waals surface area contributed by atoms with E-state index in [0.717, 1.165) is 0 Å². The van der Waals surface area contributed by atoms with Crippen LogP contribution in [-0.4, -0.2) is 45.4 Å². The monoisotopic (exact) mass is 373 g/mol. The van der Waals surface area contributed by atoms with Crippen LogP contribution in [0.3, 0.4) is 0 Å². The van der Waals surface area contributed by atoms with Crippen molar-refractivity contribution in [3.8, 4) is 11.5 Å². The van der Waals surface area contributed by atoms with Crippen molar-refractivity contribution in [3.05, 3.63) is 54.1 Å². The van der Waals surface area contributed by atoms with Gasteiger partial charge in [-0.15, -0.1) is 0 Å². The molecule has 7 heteroatoms.